The number of anilines is 1. The molecule has 8 heteroatoms. The molecule has 166 valence electrons. The highest BCUT2D eigenvalue weighted by Gasteiger charge is 2.26. The fraction of sp³-hybridized carbons (Fsp3) is 0.667. The van der Waals surface area contributed by atoms with E-state index in [2.05, 4.69) is 41.3 Å². The third kappa shape index (κ3) is 7.40. The van der Waals surface area contributed by atoms with Crippen molar-refractivity contribution in [2.45, 2.75) is 39.3 Å². The Morgan fingerprint density at radius 3 is 2.28 bits per heavy atom. The molecule has 1 aliphatic rings. The lowest BCUT2D eigenvalue weighted by Gasteiger charge is -2.30. The number of rotatable bonds is 7. The number of guanidine groups is 1. The second-order valence-corrected chi connectivity index (χ2v) is 8.19. The van der Waals surface area contributed by atoms with Gasteiger partial charge in [0.15, 0.2) is 5.96 Å². The van der Waals surface area contributed by atoms with Gasteiger partial charge >= 0.3 is 0 Å². The van der Waals surface area contributed by atoms with Crippen molar-refractivity contribution in [3.63, 3.8) is 0 Å². The van der Waals surface area contributed by atoms with Crippen LogP contribution >= 0.6 is 24.0 Å². The van der Waals surface area contributed by atoms with Crippen LogP contribution in [0.2, 0.25) is 0 Å². The maximum absolute atomic E-state index is 5.62. The molecule has 2 rings (SSSR count). The van der Waals surface area contributed by atoms with Crippen LogP contribution in [0, 0.1) is 5.41 Å². The van der Waals surface area contributed by atoms with E-state index in [0.29, 0.717) is 12.6 Å². The highest BCUT2D eigenvalue weighted by molar-refractivity contribution is 14.0. The summed E-state index contributed by atoms with van der Waals surface area (Å²) in [6, 6.07) is 6.30. The Morgan fingerprint density at radius 1 is 1.17 bits per heavy atom. The first kappa shape index (κ1) is 25.6. The maximum Gasteiger partial charge on any atom is 0.191 e. The zero-order chi connectivity index (χ0) is 20.7. The van der Waals surface area contributed by atoms with Gasteiger partial charge in [-0.3, -0.25) is 4.99 Å². The standard InChI is InChI=1S/C21H36N4O3.HI/c1-21(2,3)19(28-7)13-23-20(22-4)24-15-8-9-25(14-15)16-10-17(26-5)12-18(11-16)27-6;/h10-12,15,19H,8-9,13-14H2,1-7H3,(H2,22,23,24);1H. The van der Waals surface area contributed by atoms with Gasteiger partial charge in [0, 0.05) is 63.7 Å². The number of hydrogen-bond acceptors (Lipinski definition) is 5. The summed E-state index contributed by atoms with van der Waals surface area (Å²) in [5.41, 5.74) is 1.17. The zero-order valence-electron chi connectivity index (χ0n) is 18.7. The molecule has 1 saturated heterocycles. The molecular weight excluding hydrogens is 483 g/mol. The SMILES string of the molecule is CN=C(NCC(OC)C(C)(C)C)NC1CCN(c2cc(OC)cc(OC)c2)C1.I. The molecule has 0 aromatic heterocycles. The Labute approximate surface area is 192 Å². The summed E-state index contributed by atoms with van der Waals surface area (Å²) < 4.78 is 16.4. The molecule has 0 amide bonds. The van der Waals surface area contributed by atoms with Gasteiger partial charge < -0.3 is 29.7 Å². The highest BCUT2D eigenvalue weighted by Crippen LogP contribution is 2.30. The number of halogens is 1. The molecule has 0 saturated carbocycles. The number of ether oxygens (including phenoxy) is 3. The first-order chi connectivity index (χ1) is 13.3. The summed E-state index contributed by atoms with van der Waals surface area (Å²) in [4.78, 5) is 6.71. The van der Waals surface area contributed by atoms with E-state index in [1.165, 1.54) is 0 Å². The zero-order valence-corrected chi connectivity index (χ0v) is 21.1. The molecule has 2 N–H and O–H groups in total. The van der Waals surface area contributed by atoms with E-state index >= 15 is 0 Å². The molecule has 0 radical (unpaired) electrons. The second-order valence-electron chi connectivity index (χ2n) is 8.19. The fourth-order valence-corrected chi connectivity index (χ4v) is 3.41. The minimum atomic E-state index is 0. The van der Waals surface area contributed by atoms with Crippen molar-refractivity contribution >= 4 is 35.6 Å². The van der Waals surface area contributed by atoms with Crippen LogP contribution in [-0.2, 0) is 4.74 Å². The lowest BCUT2D eigenvalue weighted by molar-refractivity contribution is 0.0205. The van der Waals surface area contributed by atoms with E-state index in [9.17, 15) is 0 Å². The molecular formula is C21H37IN4O3. The van der Waals surface area contributed by atoms with Crippen LogP contribution in [0.25, 0.3) is 0 Å². The first-order valence-electron chi connectivity index (χ1n) is 9.78. The Kier molecular flexibility index (Phi) is 10.3. The number of nitrogens with zero attached hydrogens (tertiary/aromatic N) is 2. The van der Waals surface area contributed by atoms with Gasteiger partial charge in [-0.05, 0) is 11.8 Å². The lowest BCUT2D eigenvalue weighted by atomic mass is 9.89. The van der Waals surface area contributed by atoms with Gasteiger partial charge in [-0.15, -0.1) is 24.0 Å². The third-order valence-corrected chi connectivity index (χ3v) is 5.16. The normalized spacial score (nSPS) is 18.1. The molecule has 0 aliphatic carbocycles. The van der Waals surface area contributed by atoms with Gasteiger partial charge in [-0.25, -0.2) is 0 Å². The second kappa shape index (κ2) is 11.7. The number of methoxy groups -OCH3 is 3. The van der Waals surface area contributed by atoms with Crippen molar-refractivity contribution in [2.75, 3.05) is 52.9 Å². The van der Waals surface area contributed by atoms with Gasteiger partial charge in [0.25, 0.3) is 0 Å². The minimum absolute atomic E-state index is 0. The quantitative estimate of drug-likeness (QED) is 0.327. The minimum Gasteiger partial charge on any atom is -0.497 e. The van der Waals surface area contributed by atoms with Gasteiger partial charge in [-0.1, -0.05) is 20.8 Å². The molecule has 0 bridgehead atoms. The van der Waals surface area contributed by atoms with E-state index in [-0.39, 0.29) is 35.5 Å². The maximum atomic E-state index is 5.62. The van der Waals surface area contributed by atoms with Crippen LogP contribution in [0.15, 0.2) is 23.2 Å². The average molecular weight is 520 g/mol. The van der Waals surface area contributed by atoms with E-state index in [1.807, 2.05) is 18.2 Å². The van der Waals surface area contributed by atoms with Crippen LogP contribution in [0.3, 0.4) is 0 Å². The lowest BCUT2D eigenvalue weighted by Crippen LogP contribution is -2.48. The fourth-order valence-electron chi connectivity index (χ4n) is 3.41. The van der Waals surface area contributed by atoms with Gasteiger partial charge in [0.05, 0.1) is 20.3 Å². The molecule has 2 unspecified atom stereocenters. The van der Waals surface area contributed by atoms with Crippen LogP contribution in [-0.4, -0.2) is 66.1 Å². The van der Waals surface area contributed by atoms with Crippen molar-refractivity contribution in [2.24, 2.45) is 10.4 Å². The first-order valence-corrected chi connectivity index (χ1v) is 9.78. The number of nitrogens with one attached hydrogen (secondary N) is 2. The van der Waals surface area contributed by atoms with Crippen LogP contribution in [0.5, 0.6) is 11.5 Å². The van der Waals surface area contributed by atoms with Gasteiger partial charge in [0.1, 0.15) is 11.5 Å². The topological polar surface area (TPSA) is 67.4 Å². The monoisotopic (exact) mass is 520 g/mol. The molecule has 1 aromatic carbocycles. The Morgan fingerprint density at radius 2 is 1.79 bits per heavy atom. The summed E-state index contributed by atoms with van der Waals surface area (Å²) in [6.45, 7) is 9.10. The summed E-state index contributed by atoms with van der Waals surface area (Å²) in [7, 11) is 6.90. The third-order valence-electron chi connectivity index (χ3n) is 5.16. The van der Waals surface area contributed by atoms with E-state index in [4.69, 9.17) is 14.2 Å². The molecule has 0 spiro atoms. The smallest absolute Gasteiger partial charge is 0.191 e. The number of aliphatic imine (C=N–C) groups is 1. The van der Waals surface area contributed by atoms with E-state index in [0.717, 1.165) is 42.7 Å². The molecule has 1 aromatic rings. The number of hydrogen-bond donors (Lipinski definition) is 2. The molecule has 29 heavy (non-hydrogen) atoms. The summed E-state index contributed by atoms with van der Waals surface area (Å²) in [5.74, 6) is 2.41. The van der Waals surface area contributed by atoms with Crippen molar-refractivity contribution in [3.8, 4) is 11.5 Å². The van der Waals surface area contributed by atoms with Crippen molar-refractivity contribution in [1.29, 1.82) is 0 Å². The number of benzene rings is 1. The highest BCUT2D eigenvalue weighted by atomic mass is 127. The molecule has 7 nitrogen and oxygen atoms in total. The van der Waals surface area contributed by atoms with Crippen LogP contribution in [0.4, 0.5) is 5.69 Å². The molecule has 1 heterocycles. The largest absolute Gasteiger partial charge is 0.497 e. The predicted molar refractivity (Wildman–Crippen MR) is 130 cm³/mol. The van der Waals surface area contributed by atoms with E-state index < -0.39 is 0 Å². The van der Waals surface area contributed by atoms with Crippen LogP contribution < -0.4 is 25.0 Å². The molecule has 1 fully saturated rings. The summed E-state index contributed by atoms with van der Waals surface area (Å²) in [5, 5.41) is 6.93. The Hall–Kier alpha value is -1.42. The molecule has 2 atom stereocenters. The van der Waals surface area contributed by atoms with Crippen LogP contribution in [0.1, 0.15) is 27.2 Å². The summed E-state index contributed by atoms with van der Waals surface area (Å²) >= 11 is 0. The van der Waals surface area contributed by atoms with Gasteiger partial charge in [0.2, 0.25) is 0 Å². The van der Waals surface area contributed by atoms with E-state index in [1.54, 1.807) is 28.4 Å². The van der Waals surface area contributed by atoms with Crippen molar-refractivity contribution < 1.29 is 14.2 Å². The Bertz CT molecular complexity index is 642. The average Bonchev–Trinajstić information content (AvgIpc) is 3.14. The predicted octanol–water partition coefficient (Wildman–Crippen LogP) is 3.13. The molecule has 1 aliphatic heterocycles. The van der Waals surface area contributed by atoms with Crippen molar-refractivity contribution in [1.82, 2.24) is 10.6 Å². The van der Waals surface area contributed by atoms with Crippen molar-refractivity contribution in [3.05, 3.63) is 18.2 Å². The Balaban J connectivity index is 0.00000420. The summed E-state index contributed by atoms with van der Waals surface area (Å²) in [6.07, 6.45) is 1.14. The van der Waals surface area contributed by atoms with Gasteiger partial charge in [-0.2, -0.15) is 0 Å².